The minimum absolute atomic E-state index is 0.645. The molecule has 0 amide bonds. The number of halogens is 1. The lowest BCUT2D eigenvalue weighted by Gasteiger charge is -2.02. The lowest BCUT2D eigenvalue weighted by atomic mass is 10.4. The highest BCUT2D eigenvalue weighted by Gasteiger charge is 2.07. The van der Waals surface area contributed by atoms with Crippen LogP contribution in [-0.2, 0) is 13.6 Å². The van der Waals surface area contributed by atoms with Crippen molar-refractivity contribution in [2.75, 3.05) is 5.32 Å². The van der Waals surface area contributed by atoms with Gasteiger partial charge in [0.2, 0.25) is 0 Å². The summed E-state index contributed by atoms with van der Waals surface area (Å²) in [7, 11) is 1.86. The summed E-state index contributed by atoms with van der Waals surface area (Å²) in [4.78, 5) is 0. The van der Waals surface area contributed by atoms with E-state index in [0.29, 0.717) is 6.54 Å². The molecule has 6 nitrogen and oxygen atoms in total. The summed E-state index contributed by atoms with van der Waals surface area (Å²) in [5, 5.41) is 17.8. The second-order valence-corrected chi connectivity index (χ2v) is 4.01. The van der Waals surface area contributed by atoms with Gasteiger partial charge in [0.05, 0.1) is 22.9 Å². The van der Waals surface area contributed by atoms with Gasteiger partial charge in [0.25, 0.3) is 0 Å². The molecule has 0 aliphatic carbocycles. The normalized spacial score (nSPS) is 10.6. The molecule has 0 spiro atoms. The minimum Gasteiger partial charge on any atom is -0.362 e. The van der Waals surface area contributed by atoms with E-state index in [1.807, 2.05) is 14.0 Å². The first kappa shape index (κ1) is 10.2. The van der Waals surface area contributed by atoms with E-state index in [0.717, 1.165) is 21.7 Å². The molecule has 0 aliphatic rings. The van der Waals surface area contributed by atoms with Gasteiger partial charge in [-0.05, 0) is 22.9 Å². The Balaban J connectivity index is 2.05. The number of anilines is 1. The van der Waals surface area contributed by atoms with Gasteiger partial charge >= 0.3 is 0 Å². The maximum Gasteiger partial charge on any atom is 0.162 e. The Morgan fingerprint density at radius 3 is 2.93 bits per heavy atom. The number of nitrogens with one attached hydrogen (secondary N) is 2. The third-order valence-corrected chi connectivity index (χ3v) is 3.09. The molecule has 2 N–H and O–H groups in total. The van der Waals surface area contributed by atoms with Crippen molar-refractivity contribution in [3.05, 3.63) is 22.1 Å². The van der Waals surface area contributed by atoms with E-state index in [4.69, 9.17) is 0 Å². The topological polar surface area (TPSA) is 71.4 Å². The Kier molecular flexibility index (Phi) is 2.72. The summed E-state index contributed by atoms with van der Waals surface area (Å²) in [6.07, 6.45) is 1.72. The summed E-state index contributed by atoms with van der Waals surface area (Å²) in [6.45, 7) is 2.60. The second kappa shape index (κ2) is 4.01. The highest BCUT2D eigenvalue weighted by atomic mass is 79.9. The van der Waals surface area contributed by atoms with Crippen LogP contribution in [0.5, 0.6) is 0 Å². The molecule has 0 atom stereocenters. The Morgan fingerprint density at radius 1 is 1.60 bits per heavy atom. The molecule has 80 valence electrons. The van der Waals surface area contributed by atoms with E-state index in [9.17, 15) is 0 Å². The standard InChI is InChI=1S/C8H11BrN6/c1-5-7(9)8(13-12-5)10-3-6-4-11-14-15(6)2/h4H,3H2,1-2H3,(H2,10,12,13). The second-order valence-electron chi connectivity index (χ2n) is 3.21. The average Bonchev–Trinajstić information content (AvgIpc) is 2.74. The fourth-order valence-corrected chi connectivity index (χ4v) is 1.50. The van der Waals surface area contributed by atoms with Crippen LogP contribution in [0.1, 0.15) is 11.4 Å². The van der Waals surface area contributed by atoms with Crippen LogP contribution < -0.4 is 5.32 Å². The Labute approximate surface area is 95.2 Å². The van der Waals surface area contributed by atoms with Gasteiger partial charge in [-0.2, -0.15) is 5.10 Å². The molecule has 0 unspecified atom stereocenters. The molecule has 0 saturated heterocycles. The molecular formula is C8H11BrN6. The van der Waals surface area contributed by atoms with Crippen molar-refractivity contribution >= 4 is 21.7 Å². The van der Waals surface area contributed by atoms with Gasteiger partial charge in [0.1, 0.15) is 0 Å². The lowest BCUT2D eigenvalue weighted by molar-refractivity contribution is 0.683. The first-order chi connectivity index (χ1) is 7.18. The number of hydrogen-bond donors (Lipinski definition) is 2. The summed E-state index contributed by atoms with van der Waals surface area (Å²) in [5.41, 5.74) is 2.00. The summed E-state index contributed by atoms with van der Waals surface area (Å²) in [5.74, 6) is 0.800. The van der Waals surface area contributed by atoms with Crippen molar-refractivity contribution in [3.8, 4) is 0 Å². The van der Waals surface area contributed by atoms with Crippen LogP contribution in [0.25, 0.3) is 0 Å². The number of rotatable bonds is 3. The van der Waals surface area contributed by atoms with Gasteiger partial charge in [-0.15, -0.1) is 5.10 Å². The predicted octanol–water partition coefficient (Wildman–Crippen LogP) is 1.22. The average molecular weight is 271 g/mol. The zero-order valence-corrected chi connectivity index (χ0v) is 10.0. The van der Waals surface area contributed by atoms with Gasteiger partial charge in [-0.25, -0.2) is 0 Å². The number of aromatic amines is 1. The number of nitrogens with zero attached hydrogens (tertiary/aromatic N) is 4. The molecular weight excluding hydrogens is 260 g/mol. The zero-order valence-electron chi connectivity index (χ0n) is 8.45. The molecule has 0 saturated carbocycles. The monoisotopic (exact) mass is 270 g/mol. The molecule has 0 aromatic carbocycles. The van der Waals surface area contributed by atoms with Crippen LogP contribution in [0.3, 0.4) is 0 Å². The zero-order chi connectivity index (χ0) is 10.8. The van der Waals surface area contributed by atoms with Crippen LogP contribution in [0.4, 0.5) is 5.82 Å². The van der Waals surface area contributed by atoms with Crippen LogP contribution in [-0.4, -0.2) is 25.2 Å². The number of hydrogen-bond acceptors (Lipinski definition) is 4. The van der Waals surface area contributed by atoms with E-state index in [2.05, 4.69) is 41.8 Å². The maximum absolute atomic E-state index is 4.11. The molecule has 0 bridgehead atoms. The third kappa shape index (κ3) is 2.01. The molecule has 0 aliphatic heterocycles. The number of H-pyrrole nitrogens is 1. The molecule has 2 aromatic rings. The Bertz CT molecular complexity index is 459. The van der Waals surface area contributed by atoms with Crippen LogP contribution in [0.2, 0.25) is 0 Å². The van der Waals surface area contributed by atoms with E-state index in [-0.39, 0.29) is 0 Å². The third-order valence-electron chi connectivity index (χ3n) is 2.12. The van der Waals surface area contributed by atoms with Gasteiger partial charge in [0, 0.05) is 12.7 Å². The van der Waals surface area contributed by atoms with Crippen LogP contribution in [0, 0.1) is 6.92 Å². The van der Waals surface area contributed by atoms with Gasteiger partial charge in [0.15, 0.2) is 5.82 Å². The van der Waals surface area contributed by atoms with Gasteiger partial charge in [-0.3, -0.25) is 9.78 Å². The van der Waals surface area contributed by atoms with Crippen molar-refractivity contribution < 1.29 is 0 Å². The number of aromatic nitrogens is 5. The van der Waals surface area contributed by atoms with E-state index in [1.165, 1.54) is 0 Å². The lowest BCUT2D eigenvalue weighted by Crippen LogP contribution is -2.05. The summed E-state index contributed by atoms with van der Waals surface area (Å²) < 4.78 is 2.68. The predicted molar refractivity (Wildman–Crippen MR) is 59.4 cm³/mol. The van der Waals surface area contributed by atoms with Crippen molar-refractivity contribution in [2.45, 2.75) is 13.5 Å². The Morgan fingerprint density at radius 2 is 2.40 bits per heavy atom. The fraction of sp³-hybridized carbons (Fsp3) is 0.375. The van der Waals surface area contributed by atoms with Crippen molar-refractivity contribution in [1.82, 2.24) is 25.2 Å². The first-order valence-electron chi connectivity index (χ1n) is 4.46. The molecule has 15 heavy (non-hydrogen) atoms. The van der Waals surface area contributed by atoms with Crippen molar-refractivity contribution in [1.29, 1.82) is 0 Å². The van der Waals surface area contributed by atoms with E-state index < -0.39 is 0 Å². The van der Waals surface area contributed by atoms with E-state index >= 15 is 0 Å². The molecule has 2 rings (SSSR count). The van der Waals surface area contributed by atoms with Crippen LogP contribution in [0.15, 0.2) is 10.7 Å². The summed E-state index contributed by atoms with van der Waals surface area (Å²) >= 11 is 3.44. The molecule has 0 fully saturated rings. The molecule has 2 aromatic heterocycles. The summed E-state index contributed by atoms with van der Waals surface area (Å²) in [6, 6.07) is 0. The van der Waals surface area contributed by atoms with Crippen LogP contribution >= 0.6 is 15.9 Å². The minimum atomic E-state index is 0.645. The van der Waals surface area contributed by atoms with Crippen molar-refractivity contribution in [3.63, 3.8) is 0 Å². The highest BCUT2D eigenvalue weighted by Crippen LogP contribution is 2.22. The SMILES string of the molecule is Cc1[nH]nc(NCc2cnnn2C)c1Br. The molecule has 0 radical (unpaired) electrons. The Hall–Kier alpha value is -1.37. The largest absolute Gasteiger partial charge is 0.362 e. The quantitative estimate of drug-likeness (QED) is 0.880. The van der Waals surface area contributed by atoms with Gasteiger partial charge in [-0.1, -0.05) is 5.21 Å². The van der Waals surface area contributed by atoms with Crippen molar-refractivity contribution in [2.24, 2.45) is 7.05 Å². The first-order valence-corrected chi connectivity index (χ1v) is 5.25. The molecule has 2 heterocycles. The fourth-order valence-electron chi connectivity index (χ4n) is 1.18. The smallest absolute Gasteiger partial charge is 0.162 e. The van der Waals surface area contributed by atoms with E-state index in [1.54, 1.807) is 10.9 Å². The van der Waals surface area contributed by atoms with Gasteiger partial charge < -0.3 is 5.32 Å². The molecule has 7 heteroatoms. The highest BCUT2D eigenvalue weighted by molar-refractivity contribution is 9.10. The maximum atomic E-state index is 4.11. The number of aryl methyl sites for hydroxylation is 2.